The first-order valence-corrected chi connectivity index (χ1v) is 28.2. The van der Waals surface area contributed by atoms with E-state index in [1.54, 1.807) is 23.5 Å². The highest BCUT2D eigenvalue weighted by Crippen LogP contribution is 2.47. The molecule has 18 nitrogen and oxygen atoms in total. The van der Waals surface area contributed by atoms with Gasteiger partial charge in [0.15, 0.2) is 0 Å². The molecule has 22 heteroatoms. The van der Waals surface area contributed by atoms with Crippen molar-refractivity contribution in [2.75, 3.05) is 71.3 Å². The molecule has 1 saturated carbocycles. The molecule has 3 aromatic heterocycles. The standard InChI is InChI=1S/C57H72F3N11O7S/c1-35(37-10-12-38(13-11-37)49-36(2)61-34-79-49)62-53(76)45-29-41(72)32-71(45)54(77)50(55(3,4)5)65-51(74)39-14-16-56(17-15-39)18-20-69(21-19-56)48(73)33-68-24-22-67(23-25-68)26-27-70-31-40-28-44(46(78-6)30-43(40)66-70)64-52(75)42-8-7-9-47(63-42)57(58,59)60/h7-13,28,30-31,34-35,39,41,45,50,72H,14-27,29,32-33H2,1-6H3,(H,62,76)(H,64,75)(H,65,74)/t35-,41+,45-,50+/m0/s1. The minimum Gasteiger partial charge on any atom is -0.494 e. The van der Waals surface area contributed by atoms with Crippen molar-refractivity contribution in [3.63, 3.8) is 0 Å². The number of β-amino-alcohol motifs (C(OH)–C–C–N with tert-alkyl or cyclic N) is 1. The van der Waals surface area contributed by atoms with Gasteiger partial charge in [-0.2, -0.15) is 18.3 Å². The number of likely N-dealkylation sites (tertiary alicyclic amines) is 2. The van der Waals surface area contributed by atoms with Gasteiger partial charge < -0.3 is 35.6 Å². The van der Waals surface area contributed by atoms with Crippen LogP contribution in [0.4, 0.5) is 18.9 Å². The zero-order chi connectivity index (χ0) is 56.4. The molecule has 6 heterocycles. The number of amides is 5. The fraction of sp³-hybridized carbons (Fsp3) is 0.544. The molecule has 3 saturated heterocycles. The Balaban J connectivity index is 0.697. The molecule has 0 radical (unpaired) electrons. The van der Waals surface area contributed by atoms with Crippen molar-refractivity contribution in [3.8, 4) is 16.2 Å². The van der Waals surface area contributed by atoms with Gasteiger partial charge in [-0.15, -0.1) is 11.3 Å². The van der Waals surface area contributed by atoms with Gasteiger partial charge in [0.2, 0.25) is 23.6 Å². The third kappa shape index (κ3) is 13.4. The van der Waals surface area contributed by atoms with E-state index in [9.17, 15) is 42.3 Å². The minimum absolute atomic E-state index is 0.000174. The van der Waals surface area contributed by atoms with Gasteiger partial charge in [-0.1, -0.05) is 51.1 Å². The second-order valence-electron chi connectivity index (χ2n) is 23.0. The molecule has 5 amide bonds. The lowest BCUT2D eigenvalue weighted by Crippen LogP contribution is -2.58. The summed E-state index contributed by atoms with van der Waals surface area (Å²) in [6.45, 7) is 15.6. The van der Waals surface area contributed by atoms with Gasteiger partial charge in [0.05, 0.1) is 59.6 Å². The Morgan fingerprint density at radius 1 is 0.886 bits per heavy atom. The van der Waals surface area contributed by atoms with E-state index in [2.05, 4.69) is 40.8 Å². The van der Waals surface area contributed by atoms with Gasteiger partial charge in [0, 0.05) is 82.3 Å². The first-order chi connectivity index (χ1) is 37.6. The van der Waals surface area contributed by atoms with Crippen LogP contribution in [0.3, 0.4) is 0 Å². The summed E-state index contributed by atoms with van der Waals surface area (Å²) in [6, 6.07) is 12.3. The molecule has 0 bridgehead atoms. The number of methoxy groups -OCH3 is 1. The Morgan fingerprint density at radius 3 is 2.23 bits per heavy atom. The summed E-state index contributed by atoms with van der Waals surface area (Å²) < 4.78 is 46.9. The van der Waals surface area contributed by atoms with Crippen molar-refractivity contribution < 1.29 is 47.0 Å². The van der Waals surface area contributed by atoms with Gasteiger partial charge in [-0.05, 0) is 92.5 Å². The maximum Gasteiger partial charge on any atom is 0.433 e. The van der Waals surface area contributed by atoms with Crippen molar-refractivity contribution in [1.29, 1.82) is 0 Å². The molecule has 79 heavy (non-hydrogen) atoms. The topological polar surface area (TPSA) is 207 Å². The Labute approximate surface area is 462 Å². The molecule has 4 atom stereocenters. The molecule has 5 aromatic rings. The first-order valence-electron chi connectivity index (χ1n) is 27.3. The number of aliphatic hydroxyl groups is 1. The van der Waals surface area contributed by atoms with Crippen molar-refractivity contribution >= 4 is 57.5 Å². The van der Waals surface area contributed by atoms with Gasteiger partial charge in [-0.3, -0.25) is 38.5 Å². The predicted octanol–water partition coefficient (Wildman–Crippen LogP) is 6.93. The van der Waals surface area contributed by atoms with Crippen LogP contribution in [0.15, 0.2) is 66.3 Å². The number of alkyl halides is 3. The molecule has 1 aliphatic carbocycles. The van der Waals surface area contributed by atoms with Gasteiger partial charge in [-0.25, -0.2) is 9.97 Å². The normalized spacial score (nSPS) is 20.3. The number of aromatic nitrogens is 4. The number of benzene rings is 2. The Hall–Kier alpha value is -6.49. The van der Waals surface area contributed by atoms with Gasteiger partial charge >= 0.3 is 6.18 Å². The maximum absolute atomic E-state index is 14.4. The van der Waals surface area contributed by atoms with E-state index >= 15 is 0 Å². The number of fused-ring (bicyclic) bond motifs is 1. The van der Waals surface area contributed by atoms with E-state index in [1.165, 1.54) is 18.1 Å². The fourth-order valence-electron chi connectivity index (χ4n) is 11.6. The maximum atomic E-state index is 14.4. The van der Waals surface area contributed by atoms with Gasteiger partial charge in [0.25, 0.3) is 5.91 Å². The number of ether oxygens (including phenoxy) is 1. The molecule has 4 N–H and O–H groups in total. The summed E-state index contributed by atoms with van der Waals surface area (Å²) in [7, 11) is 1.43. The molecule has 1 spiro atoms. The number of nitrogens with one attached hydrogen (secondary N) is 3. The molecular weight excluding hydrogens is 1040 g/mol. The Bertz CT molecular complexity index is 3010. The summed E-state index contributed by atoms with van der Waals surface area (Å²) in [4.78, 5) is 85.7. The summed E-state index contributed by atoms with van der Waals surface area (Å²) in [6.07, 6.45) is 1.24. The zero-order valence-corrected chi connectivity index (χ0v) is 46.6. The summed E-state index contributed by atoms with van der Waals surface area (Å²) in [5, 5.41) is 25.0. The molecule has 4 fully saturated rings. The van der Waals surface area contributed by atoms with E-state index < -0.39 is 41.4 Å². The van der Waals surface area contributed by atoms with E-state index in [4.69, 9.17) is 4.74 Å². The first kappa shape index (κ1) is 57.2. The molecule has 424 valence electrons. The number of carbonyl (C=O) groups excluding carboxylic acids is 5. The van der Waals surface area contributed by atoms with Crippen LogP contribution in [0.2, 0.25) is 0 Å². The second-order valence-corrected chi connectivity index (χ2v) is 23.8. The third-order valence-corrected chi connectivity index (χ3v) is 17.5. The molecular formula is C57H72F3N11O7S. The molecule has 0 unspecified atom stereocenters. The average molecular weight is 1110 g/mol. The summed E-state index contributed by atoms with van der Waals surface area (Å²) >= 11 is 1.57. The SMILES string of the molecule is COc1cc2nn(CCN3CCN(CC(=O)N4CCC5(CCC(C(=O)N[C@H](C(=O)N6C[C@H](O)C[C@H]6C(=O)N[C@@H](C)c6ccc(-c7scnc7C)cc6)C(C)(C)C)CC5)CC4)CC3)cc2cc1NC(=O)c1cccc(C(F)(F)F)n1. The largest absolute Gasteiger partial charge is 0.494 e. The van der Waals surface area contributed by atoms with Crippen LogP contribution in [-0.4, -0.2) is 158 Å². The number of halogens is 3. The van der Waals surface area contributed by atoms with Crippen molar-refractivity contribution in [2.24, 2.45) is 16.7 Å². The van der Waals surface area contributed by atoms with E-state index in [0.29, 0.717) is 55.7 Å². The number of piperazine rings is 1. The number of carbonyl (C=O) groups is 5. The number of hydrogen-bond acceptors (Lipinski definition) is 13. The van der Waals surface area contributed by atoms with E-state index in [1.807, 2.05) is 80.2 Å². The highest BCUT2D eigenvalue weighted by atomic mass is 32.1. The van der Waals surface area contributed by atoms with Crippen LogP contribution in [0.25, 0.3) is 21.3 Å². The van der Waals surface area contributed by atoms with E-state index in [0.717, 1.165) is 92.2 Å². The number of aliphatic hydroxyl groups excluding tert-OH is 1. The average Bonchev–Trinajstić information content (AvgIpc) is 4.18. The van der Waals surface area contributed by atoms with Gasteiger partial charge in [0.1, 0.15) is 29.2 Å². The van der Waals surface area contributed by atoms with Crippen LogP contribution >= 0.6 is 11.3 Å². The number of piperidine rings is 1. The highest BCUT2D eigenvalue weighted by molar-refractivity contribution is 7.13. The molecule has 9 rings (SSSR count). The van der Waals surface area contributed by atoms with Crippen molar-refractivity contribution in [2.45, 2.75) is 117 Å². The summed E-state index contributed by atoms with van der Waals surface area (Å²) in [5.41, 5.74) is 3.47. The van der Waals surface area contributed by atoms with Crippen LogP contribution in [0, 0.1) is 23.7 Å². The van der Waals surface area contributed by atoms with E-state index in [-0.39, 0.29) is 65.4 Å². The number of nitrogens with zero attached hydrogens (tertiary/aromatic N) is 8. The summed E-state index contributed by atoms with van der Waals surface area (Å²) in [5.74, 6) is -1.55. The molecule has 3 aliphatic heterocycles. The Morgan fingerprint density at radius 2 is 1.58 bits per heavy atom. The number of hydrogen-bond donors (Lipinski definition) is 4. The number of thiazole rings is 1. The number of anilines is 1. The molecule has 2 aromatic carbocycles. The lowest BCUT2D eigenvalue weighted by Gasteiger charge is -2.46. The zero-order valence-electron chi connectivity index (χ0n) is 45.8. The minimum atomic E-state index is -4.69. The Kier molecular flexibility index (Phi) is 17.2. The monoisotopic (exact) mass is 1110 g/mol. The smallest absolute Gasteiger partial charge is 0.433 e. The van der Waals surface area contributed by atoms with Crippen molar-refractivity contribution in [1.82, 2.24) is 50.0 Å². The lowest BCUT2D eigenvalue weighted by molar-refractivity contribution is -0.145. The van der Waals surface area contributed by atoms with Crippen LogP contribution in [0.1, 0.15) is 106 Å². The molecule has 4 aliphatic rings. The van der Waals surface area contributed by atoms with Crippen LogP contribution in [0.5, 0.6) is 5.75 Å². The lowest BCUT2D eigenvalue weighted by atomic mass is 9.65. The van der Waals surface area contributed by atoms with Crippen molar-refractivity contribution in [3.05, 3.63) is 88.9 Å². The number of pyridine rings is 1. The number of rotatable bonds is 15. The number of aryl methyl sites for hydroxylation is 1. The van der Waals surface area contributed by atoms with Crippen LogP contribution in [-0.2, 0) is 31.9 Å². The van der Waals surface area contributed by atoms with Crippen LogP contribution < -0.4 is 20.7 Å². The predicted molar refractivity (Wildman–Crippen MR) is 293 cm³/mol. The quantitative estimate of drug-likeness (QED) is 0.0842. The third-order valence-electron chi connectivity index (χ3n) is 16.5. The second kappa shape index (κ2) is 23.7. The fourth-order valence-corrected chi connectivity index (χ4v) is 12.4. The highest BCUT2D eigenvalue weighted by Gasteiger charge is 2.47.